The van der Waals surface area contributed by atoms with E-state index >= 15 is 0 Å². The predicted octanol–water partition coefficient (Wildman–Crippen LogP) is 4.69. The summed E-state index contributed by atoms with van der Waals surface area (Å²) < 4.78 is 13.3. The largest absolute Gasteiger partial charge is 0.493 e. The van der Waals surface area contributed by atoms with Gasteiger partial charge in [-0.15, -0.1) is 0 Å². The molecule has 0 fully saturated rings. The van der Waals surface area contributed by atoms with Crippen molar-refractivity contribution < 1.29 is 9.47 Å². The first kappa shape index (κ1) is 17.5. The van der Waals surface area contributed by atoms with E-state index in [4.69, 9.17) is 9.47 Å². The number of aryl methyl sites for hydroxylation is 1. The highest BCUT2D eigenvalue weighted by Crippen LogP contribution is 2.39. The van der Waals surface area contributed by atoms with E-state index in [-0.39, 0.29) is 6.04 Å². The van der Waals surface area contributed by atoms with Crippen molar-refractivity contribution in [2.24, 2.45) is 0 Å². The van der Waals surface area contributed by atoms with E-state index < -0.39 is 0 Å². The molecular formula is C22H25N3O2. The third-order valence-corrected chi connectivity index (χ3v) is 5.21. The van der Waals surface area contributed by atoms with E-state index in [1.807, 2.05) is 12.3 Å². The number of hydrogen-bond acceptors (Lipinski definition) is 4. The Morgan fingerprint density at radius 2 is 1.81 bits per heavy atom. The molecule has 2 aromatic carbocycles. The van der Waals surface area contributed by atoms with E-state index in [1.165, 1.54) is 11.1 Å². The highest BCUT2D eigenvalue weighted by Gasteiger charge is 2.21. The van der Waals surface area contributed by atoms with Gasteiger partial charge in [-0.05, 0) is 43.0 Å². The van der Waals surface area contributed by atoms with Crippen LogP contribution in [0.25, 0.3) is 11.3 Å². The van der Waals surface area contributed by atoms with Crippen LogP contribution in [-0.4, -0.2) is 23.8 Å². The van der Waals surface area contributed by atoms with Crippen molar-refractivity contribution in [3.63, 3.8) is 0 Å². The first-order valence-corrected chi connectivity index (χ1v) is 9.33. The molecule has 0 amide bonds. The Labute approximate surface area is 160 Å². The summed E-state index contributed by atoms with van der Waals surface area (Å²) in [7, 11) is 3.35. The number of nitrogens with zero attached hydrogens (tertiary/aromatic N) is 2. The third-order valence-electron chi connectivity index (χ3n) is 5.21. The van der Waals surface area contributed by atoms with E-state index in [2.05, 4.69) is 58.2 Å². The van der Waals surface area contributed by atoms with Gasteiger partial charge >= 0.3 is 0 Å². The monoisotopic (exact) mass is 363 g/mol. The molecule has 1 aliphatic heterocycles. The zero-order valence-corrected chi connectivity index (χ0v) is 16.0. The van der Waals surface area contributed by atoms with Crippen LogP contribution in [0.3, 0.4) is 0 Å². The molecule has 1 atom stereocenters. The number of ether oxygens (including phenoxy) is 2. The molecule has 140 valence electrons. The standard InChI is InChI=1S/C22H25N3O2/c1-15(16-8-5-4-6-9-16)24-22-23-14-19-18-13-21(27-3)20(26-2)12-17(18)10-7-11-25(19)22/h4-6,8-9,12-15H,7,10-11H2,1-3H3,(H,23,24). The quantitative estimate of drug-likeness (QED) is 0.715. The number of aromatic nitrogens is 2. The molecule has 0 bridgehead atoms. The van der Waals surface area contributed by atoms with Crippen LogP contribution in [0.15, 0.2) is 48.7 Å². The molecule has 0 radical (unpaired) electrons. The minimum Gasteiger partial charge on any atom is -0.493 e. The Hall–Kier alpha value is -2.95. The molecule has 0 spiro atoms. The second-order valence-corrected chi connectivity index (χ2v) is 6.86. The molecular weight excluding hydrogens is 338 g/mol. The van der Waals surface area contributed by atoms with Crippen LogP contribution < -0.4 is 14.8 Å². The van der Waals surface area contributed by atoms with Crippen LogP contribution in [0.5, 0.6) is 11.5 Å². The smallest absolute Gasteiger partial charge is 0.203 e. The Morgan fingerprint density at radius 3 is 2.56 bits per heavy atom. The van der Waals surface area contributed by atoms with Crippen LogP contribution in [0.4, 0.5) is 5.95 Å². The molecule has 0 aliphatic carbocycles. The predicted molar refractivity (Wildman–Crippen MR) is 108 cm³/mol. The summed E-state index contributed by atoms with van der Waals surface area (Å²) in [6, 6.07) is 14.8. The second-order valence-electron chi connectivity index (χ2n) is 6.86. The van der Waals surface area contributed by atoms with Crippen molar-refractivity contribution in [2.45, 2.75) is 32.4 Å². The summed E-state index contributed by atoms with van der Waals surface area (Å²) in [5.74, 6) is 2.43. The highest BCUT2D eigenvalue weighted by molar-refractivity contribution is 5.70. The summed E-state index contributed by atoms with van der Waals surface area (Å²) in [6.07, 6.45) is 4.02. The Balaban J connectivity index is 1.71. The summed E-state index contributed by atoms with van der Waals surface area (Å²) in [6.45, 7) is 3.09. The molecule has 1 N–H and O–H groups in total. The maximum absolute atomic E-state index is 5.52. The number of methoxy groups -OCH3 is 2. The summed E-state index contributed by atoms with van der Waals surface area (Å²) in [4.78, 5) is 4.68. The number of benzene rings is 2. The van der Waals surface area contributed by atoms with Gasteiger partial charge in [0.05, 0.1) is 32.2 Å². The number of nitrogens with one attached hydrogen (secondary N) is 1. The maximum Gasteiger partial charge on any atom is 0.203 e. The SMILES string of the molecule is COc1cc2c(cc1OC)-c1cnc(NC(C)c3ccccc3)n1CCC2. The van der Waals surface area contributed by atoms with Crippen molar-refractivity contribution >= 4 is 5.95 Å². The minimum absolute atomic E-state index is 0.186. The molecule has 0 saturated carbocycles. The van der Waals surface area contributed by atoms with E-state index in [0.29, 0.717) is 0 Å². The molecule has 1 aliphatic rings. The Kier molecular flexibility index (Phi) is 4.75. The van der Waals surface area contributed by atoms with Crippen molar-refractivity contribution in [3.8, 4) is 22.8 Å². The van der Waals surface area contributed by atoms with Gasteiger partial charge in [-0.1, -0.05) is 30.3 Å². The van der Waals surface area contributed by atoms with E-state index in [0.717, 1.165) is 48.1 Å². The first-order chi connectivity index (χ1) is 13.2. The number of rotatable bonds is 5. The Bertz CT molecular complexity index is 934. The van der Waals surface area contributed by atoms with Crippen LogP contribution >= 0.6 is 0 Å². The summed E-state index contributed by atoms with van der Waals surface area (Å²) in [5.41, 5.74) is 4.80. The van der Waals surface area contributed by atoms with Crippen molar-refractivity contribution in [2.75, 3.05) is 19.5 Å². The van der Waals surface area contributed by atoms with Crippen LogP contribution in [-0.2, 0) is 13.0 Å². The number of anilines is 1. The molecule has 1 aromatic heterocycles. The van der Waals surface area contributed by atoms with Gasteiger partial charge in [-0.2, -0.15) is 0 Å². The lowest BCUT2D eigenvalue weighted by Crippen LogP contribution is -2.12. The fraction of sp³-hybridized carbons (Fsp3) is 0.318. The van der Waals surface area contributed by atoms with Gasteiger partial charge in [-0.3, -0.25) is 0 Å². The van der Waals surface area contributed by atoms with Crippen LogP contribution in [0.1, 0.15) is 30.5 Å². The first-order valence-electron chi connectivity index (χ1n) is 9.33. The van der Waals surface area contributed by atoms with Gasteiger partial charge in [0.15, 0.2) is 11.5 Å². The van der Waals surface area contributed by atoms with E-state index in [9.17, 15) is 0 Å². The van der Waals surface area contributed by atoms with Crippen LogP contribution in [0, 0.1) is 0 Å². The molecule has 27 heavy (non-hydrogen) atoms. The maximum atomic E-state index is 5.52. The van der Waals surface area contributed by atoms with Gasteiger partial charge < -0.3 is 19.4 Å². The number of fused-ring (bicyclic) bond motifs is 3. The lowest BCUT2D eigenvalue weighted by Gasteiger charge is -2.17. The van der Waals surface area contributed by atoms with Gasteiger partial charge in [0, 0.05) is 12.1 Å². The van der Waals surface area contributed by atoms with Crippen LogP contribution in [0.2, 0.25) is 0 Å². The average Bonchev–Trinajstić information content (AvgIpc) is 3.01. The normalized spacial score (nSPS) is 13.9. The van der Waals surface area contributed by atoms with Gasteiger partial charge in [0.1, 0.15) is 0 Å². The lowest BCUT2D eigenvalue weighted by atomic mass is 10.0. The summed E-state index contributed by atoms with van der Waals surface area (Å²) >= 11 is 0. The molecule has 1 unspecified atom stereocenters. The average molecular weight is 363 g/mol. The Morgan fingerprint density at radius 1 is 1.07 bits per heavy atom. The van der Waals surface area contributed by atoms with Crippen molar-refractivity contribution in [1.29, 1.82) is 0 Å². The third kappa shape index (κ3) is 3.25. The fourth-order valence-corrected chi connectivity index (χ4v) is 3.74. The topological polar surface area (TPSA) is 48.3 Å². The molecule has 3 aromatic rings. The molecule has 0 saturated heterocycles. The molecule has 5 heteroatoms. The lowest BCUT2D eigenvalue weighted by molar-refractivity contribution is 0.354. The zero-order valence-electron chi connectivity index (χ0n) is 16.0. The number of hydrogen-bond donors (Lipinski definition) is 1. The number of imidazole rings is 1. The second kappa shape index (κ2) is 7.35. The minimum atomic E-state index is 0.186. The van der Waals surface area contributed by atoms with Gasteiger partial charge in [-0.25, -0.2) is 4.98 Å². The van der Waals surface area contributed by atoms with Gasteiger partial charge in [0.2, 0.25) is 5.95 Å². The molecule has 2 heterocycles. The van der Waals surface area contributed by atoms with Crippen molar-refractivity contribution in [1.82, 2.24) is 9.55 Å². The van der Waals surface area contributed by atoms with E-state index in [1.54, 1.807) is 14.2 Å². The molecule has 5 nitrogen and oxygen atoms in total. The summed E-state index contributed by atoms with van der Waals surface area (Å²) in [5, 5.41) is 3.57. The van der Waals surface area contributed by atoms with Gasteiger partial charge in [0.25, 0.3) is 0 Å². The highest BCUT2D eigenvalue weighted by atomic mass is 16.5. The fourth-order valence-electron chi connectivity index (χ4n) is 3.74. The zero-order chi connectivity index (χ0) is 18.8. The molecule has 4 rings (SSSR count). The van der Waals surface area contributed by atoms with Crippen molar-refractivity contribution in [3.05, 3.63) is 59.8 Å².